The fraction of sp³-hybridized carbons (Fsp3) is 0.273. The molecule has 152 valence electrons. The van der Waals surface area contributed by atoms with Gasteiger partial charge in [0.1, 0.15) is 10.8 Å². The Labute approximate surface area is 182 Å². The van der Waals surface area contributed by atoms with Crippen molar-refractivity contribution in [1.29, 1.82) is 0 Å². The molecular formula is C22H21N5OS2. The van der Waals surface area contributed by atoms with Crippen molar-refractivity contribution in [3.63, 3.8) is 0 Å². The van der Waals surface area contributed by atoms with Crippen molar-refractivity contribution in [3.05, 3.63) is 58.0 Å². The smallest absolute Gasteiger partial charge is 0.230 e. The van der Waals surface area contributed by atoms with E-state index in [1.54, 1.807) is 22.7 Å². The molecular weight excluding hydrogens is 414 g/mol. The highest BCUT2D eigenvalue weighted by Crippen LogP contribution is 2.26. The van der Waals surface area contributed by atoms with Gasteiger partial charge >= 0.3 is 0 Å². The molecule has 1 aromatic carbocycles. The van der Waals surface area contributed by atoms with Crippen LogP contribution in [0.15, 0.2) is 46.5 Å². The summed E-state index contributed by atoms with van der Waals surface area (Å²) in [6.45, 7) is 0.969. The minimum absolute atomic E-state index is 0.0683. The first-order valence-electron chi connectivity index (χ1n) is 10.1. The lowest BCUT2D eigenvalue weighted by atomic mass is 10.2. The lowest BCUT2D eigenvalue weighted by Gasteiger charge is -2.08. The predicted molar refractivity (Wildman–Crippen MR) is 121 cm³/mol. The molecule has 1 N–H and O–H groups in total. The zero-order valence-electron chi connectivity index (χ0n) is 16.4. The molecule has 0 fully saturated rings. The largest absolute Gasteiger partial charge is 0.326 e. The molecule has 0 saturated heterocycles. The van der Waals surface area contributed by atoms with Gasteiger partial charge in [0.05, 0.1) is 12.1 Å². The molecule has 1 aliphatic rings. The summed E-state index contributed by atoms with van der Waals surface area (Å²) in [5.41, 5.74) is 3.70. The number of thiazole rings is 1. The standard InChI is InChI=1S/C22H21N5OS2/c28-20(12-18-14-30-22(24-18)16-9-11-29-13-16)23-17-7-5-15(6-8-17)21-26-25-19-4-2-1-3-10-27(19)21/h5-9,11,13-14H,1-4,10,12H2,(H,23,28). The van der Waals surface area contributed by atoms with Gasteiger partial charge in [-0.3, -0.25) is 4.79 Å². The summed E-state index contributed by atoms with van der Waals surface area (Å²) in [5, 5.41) is 18.7. The molecule has 1 aliphatic heterocycles. The number of rotatable bonds is 5. The quantitative estimate of drug-likeness (QED) is 0.477. The van der Waals surface area contributed by atoms with Crippen molar-refractivity contribution in [2.24, 2.45) is 0 Å². The third kappa shape index (κ3) is 4.06. The van der Waals surface area contributed by atoms with Crippen molar-refractivity contribution in [1.82, 2.24) is 19.7 Å². The maximum absolute atomic E-state index is 12.5. The van der Waals surface area contributed by atoms with Gasteiger partial charge < -0.3 is 9.88 Å². The normalized spacial score (nSPS) is 13.6. The molecule has 0 unspecified atom stereocenters. The van der Waals surface area contributed by atoms with Crippen molar-refractivity contribution in [2.75, 3.05) is 5.32 Å². The summed E-state index contributed by atoms with van der Waals surface area (Å²) in [5.74, 6) is 1.92. The van der Waals surface area contributed by atoms with E-state index >= 15 is 0 Å². The molecule has 0 radical (unpaired) electrons. The topological polar surface area (TPSA) is 72.7 Å². The number of carbonyl (C=O) groups excluding carboxylic acids is 1. The Kier molecular flexibility index (Phi) is 5.42. The van der Waals surface area contributed by atoms with Crippen molar-refractivity contribution < 1.29 is 4.79 Å². The SMILES string of the molecule is O=C(Cc1csc(-c2ccsc2)n1)Nc1ccc(-c2nnc3n2CCCCC3)cc1. The second-order valence-electron chi connectivity index (χ2n) is 7.36. The average Bonchev–Trinajstić information content (AvgIpc) is 3.48. The number of fused-ring (bicyclic) bond motifs is 1. The molecule has 30 heavy (non-hydrogen) atoms. The summed E-state index contributed by atoms with van der Waals surface area (Å²) < 4.78 is 2.23. The van der Waals surface area contributed by atoms with Crippen LogP contribution in [-0.4, -0.2) is 25.7 Å². The number of carbonyl (C=O) groups is 1. The first-order valence-corrected chi connectivity index (χ1v) is 11.9. The van der Waals surface area contributed by atoms with Crippen LogP contribution in [0.5, 0.6) is 0 Å². The van der Waals surface area contributed by atoms with E-state index < -0.39 is 0 Å². The van der Waals surface area contributed by atoms with Gasteiger partial charge in [-0.15, -0.1) is 21.5 Å². The lowest BCUT2D eigenvalue weighted by molar-refractivity contribution is -0.115. The molecule has 6 nitrogen and oxygen atoms in total. The molecule has 1 amide bonds. The van der Waals surface area contributed by atoms with E-state index in [1.807, 2.05) is 41.1 Å². The number of thiophene rings is 1. The van der Waals surface area contributed by atoms with E-state index in [2.05, 4.69) is 30.4 Å². The molecule has 8 heteroatoms. The van der Waals surface area contributed by atoms with Crippen LogP contribution in [0.3, 0.4) is 0 Å². The molecule has 4 heterocycles. The van der Waals surface area contributed by atoms with E-state index in [0.29, 0.717) is 0 Å². The van der Waals surface area contributed by atoms with Crippen LogP contribution < -0.4 is 5.32 Å². The number of aryl methyl sites for hydroxylation is 1. The van der Waals surface area contributed by atoms with Gasteiger partial charge in [0.25, 0.3) is 0 Å². The Morgan fingerprint density at radius 1 is 1.03 bits per heavy atom. The van der Waals surface area contributed by atoms with E-state index in [1.165, 1.54) is 12.8 Å². The van der Waals surface area contributed by atoms with Crippen LogP contribution >= 0.6 is 22.7 Å². The zero-order valence-corrected chi connectivity index (χ0v) is 18.0. The van der Waals surface area contributed by atoms with Crippen LogP contribution in [0.1, 0.15) is 30.8 Å². The first-order chi connectivity index (χ1) is 14.8. The summed E-state index contributed by atoms with van der Waals surface area (Å²) in [6.07, 6.45) is 4.83. The van der Waals surface area contributed by atoms with Crippen LogP contribution in [-0.2, 0) is 24.2 Å². The number of aromatic nitrogens is 4. The molecule has 5 rings (SSSR count). The zero-order chi connectivity index (χ0) is 20.3. The van der Waals surface area contributed by atoms with Gasteiger partial charge in [0.2, 0.25) is 5.91 Å². The highest BCUT2D eigenvalue weighted by Gasteiger charge is 2.16. The summed E-state index contributed by atoms with van der Waals surface area (Å²) in [6, 6.07) is 9.88. The van der Waals surface area contributed by atoms with E-state index in [-0.39, 0.29) is 12.3 Å². The Morgan fingerprint density at radius 3 is 2.77 bits per heavy atom. The van der Waals surface area contributed by atoms with E-state index in [0.717, 1.165) is 58.6 Å². The number of hydrogen-bond donors (Lipinski definition) is 1. The maximum Gasteiger partial charge on any atom is 0.230 e. The molecule has 3 aromatic heterocycles. The first kappa shape index (κ1) is 19.1. The summed E-state index contributed by atoms with van der Waals surface area (Å²) in [7, 11) is 0. The number of nitrogens with one attached hydrogen (secondary N) is 1. The van der Waals surface area contributed by atoms with Crippen LogP contribution in [0.2, 0.25) is 0 Å². The van der Waals surface area contributed by atoms with Crippen LogP contribution in [0.4, 0.5) is 5.69 Å². The third-order valence-corrected chi connectivity index (χ3v) is 6.82. The molecule has 0 atom stereocenters. The Bertz CT molecular complexity index is 1140. The Balaban J connectivity index is 1.24. The molecule has 0 saturated carbocycles. The molecule has 4 aromatic rings. The van der Waals surface area contributed by atoms with Gasteiger partial charge in [-0.1, -0.05) is 6.42 Å². The summed E-state index contributed by atoms with van der Waals surface area (Å²) >= 11 is 3.21. The number of anilines is 1. The van der Waals surface area contributed by atoms with Crippen molar-refractivity contribution >= 4 is 34.3 Å². The highest BCUT2D eigenvalue weighted by molar-refractivity contribution is 7.14. The van der Waals surface area contributed by atoms with Gasteiger partial charge in [-0.25, -0.2) is 4.98 Å². The third-order valence-electron chi connectivity index (χ3n) is 5.20. The fourth-order valence-electron chi connectivity index (χ4n) is 3.68. The highest BCUT2D eigenvalue weighted by atomic mass is 32.1. The molecule has 0 spiro atoms. The number of benzene rings is 1. The van der Waals surface area contributed by atoms with Gasteiger partial charge in [0.15, 0.2) is 5.82 Å². The van der Waals surface area contributed by atoms with E-state index in [9.17, 15) is 4.79 Å². The maximum atomic E-state index is 12.5. The molecule has 0 aliphatic carbocycles. The number of nitrogens with zero attached hydrogens (tertiary/aromatic N) is 4. The van der Waals surface area contributed by atoms with Crippen LogP contribution in [0, 0.1) is 0 Å². The van der Waals surface area contributed by atoms with Gasteiger partial charge in [-0.05, 0) is 48.6 Å². The predicted octanol–water partition coefficient (Wildman–Crippen LogP) is 5.04. The lowest BCUT2D eigenvalue weighted by Crippen LogP contribution is -2.14. The Hall–Kier alpha value is -2.84. The second-order valence-corrected chi connectivity index (χ2v) is 9.00. The van der Waals surface area contributed by atoms with E-state index in [4.69, 9.17) is 0 Å². The minimum atomic E-state index is -0.0683. The minimum Gasteiger partial charge on any atom is -0.326 e. The van der Waals surface area contributed by atoms with Gasteiger partial charge in [-0.2, -0.15) is 11.3 Å². The molecule has 0 bridgehead atoms. The summed E-state index contributed by atoms with van der Waals surface area (Å²) in [4.78, 5) is 17.0. The van der Waals surface area contributed by atoms with Crippen LogP contribution in [0.25, 0.3) is 22.0 Å². The van der Waals surface area contributed by atoms with Crippen molar-refractivity contribution in [3.8, 4) is 22.0 Å². The number of amides is 1. The second kappa shape index (κ2) is 8.49. The fourth-order valence-corrected chi connectivity index (χ4v) is 5.21. The number of hydrogen-bond acceptors (Lipinski definition) is 6. The average molecular weight is 436 g/mol. The monoisotopic (exact) mass is 435 g/mol. The van der Waals surface area contributed by atoms with Crippen molar-refractivity contribution in [2.45, 2.75) is 38.6 Å². The Morgan fingerprint density at radius 2 is 1.93 bits per heavy atom. The van der Waals surface area contributed by atoms with Gasteiger partial charge in [0, 0.05) is 40.5 Å².